The second-order valence-electron chi connectivity index (χ2n) is 11.6. The topological polar surface area (TPSA) is 105 Å². The molecule has 0 saturated heterocycles. The summed E-state index contributed by atoms with van der Waals surface area (Å²) < 4.78 is 11.6. The van der Waals surface area contributed by atoms with Crippen molar-refractivity contribution in [1.82, 2.24) is 10.2 Å². The van der Waals surface area contributed by atoms with Gasteiger partial charge in [0.25, 0.3) is 0 Å². The first-order valence-electron chi connectivity index (χ1n) is 14.0. The molecule has 216 valence electrons. The van der Waals surface area contributed by atoms with Crippen molar-refractivity contribution in [2.24, 2.45) is 0 Å². The number of nitrogens with one attached hydrogen (secondary N) is 1. The summed E-state index contributed by atoms with van der Waals surface area (Å²) in [6.07, 6.45) is 2.18. The van der Waals surface area contributed by atoms with Crippen LogP contribution in [-0.4, -0.2) is 52.5 Å². The van der Waals surface area contributed by atoms with Crippen LogP contribution in [0.3, 0.4) is 0 Å². The summed E-state index contributed by atoms with van der Waals surface area (Å²) in [7, 11) is 0. The van der Waals surface area contributed by atoms with Crippen LogP contribution in [0.4, 0.5) is 9.59 Å². The highest BCUT2D eigenvalue weighted by atomic mass is 32.1. The zero-order chi connectivity index (χ0) is 29.1. The van der Waals surface area contributed by atoms with E-state index in [9.17, 15) is 19.5 Å². The highest BCUT2D eigenvalue weighted by molar-refractivity contribution is 7.10. The van der Waals surface area contributed by atoms with E-state index in [1.807, 2.05) is 45.0 Å². The fourth-order valence-corrected chi connectivity index (χ4v) is 6.71. The van der Waals surface area contributed by atoms with E-state index in [1.54, 1.807) is 16.3 Å². The molecule has 2 N–H and O–H groups in total. The molecule has 0 bridgehead atoms. The summed E-state index contributed by atoms with van der Waals surface area (Å²) >= 11 is 1.29. The average molecular weight is 577 g/mol. The Kier molecular flexibility index (Phi) is 8.35. The van der Waals surface area contributed by atoms with Gasteiger partial charge in [0.2, 0.25) is 0 Å². The third-order valence-corrected chi connectivity index (χ3v) is 8.55. The van der Waals surface area contributed by atoms with Gasteiger partial charge >= 0.3 is 18.2 Å². The minimum absolute atomic E-state index is 0.0874. The molecule has 8 nitrogen and oxygen atoms in total. The molecule has 9 heteroatoms. The van der Waals surface area contributed by atoms with Gasteiger partial charge in [-0.15, -0.1) is 11.3 Å². The molecule has 3 aromatic rings. The van der Waals surface area contributed by atoms with Crippen LogP contribution in [0.2, 0.25) is 0 Å². The van der Waals surface area contributed by atoms with Crippen molar-refractivity contribution in [3.05, 3.63) is 81.5 Å². The van der Waals surface area contributed by atoms with Crippen LogP contribution in [0.25, 0.3) is 11.1 Å². The van der Waals surface area contributed by atoms with Crippen molar-refractivity contribution < 1.29 is 29.0 Å². The number of benzene rings is 2. The Morgan fingerprint density at radius 1 is 1.00 bits per heavy atom. The van der Waals surface area contributed by atoms with Gasteiger partial charge in [0.05, 0.1) is 24.2 Å². The van der Waals surface area contributed by atoms with Gasteiger partial charge < -0.3 is 19.9 Å². The normalized spacial score (nSPS) is 18.2. The summed E-state index contributed by atoms with van der Waals surface area (Å²) in [5.74, 6) is -1.10. The second-order valence-corrected chi connectivity index (χ2v) is 12.6. The monoisotopic (exact) mass is 576 g/mol. The fraction of sp³-hybridized carbons (Fsp3) is 0.406. The standard InChI is InChI=1S/C32H36N2O6S/c1-32(2,3)40-30(37)33-27-14-8-9-15-28(27)34(17-21-16-20(19-41-21)29(35)36)31(38)39-18-26-24-12-6-4-10-22(24)23-11-5-7-13-25(23)26/h4-7,10-13,16,19,26-28H,8-9,14-15,17-18H2,1-3H3,(H,33,37)(H,35,36)/t27-,28-/m1/s1. The molecule has 2 aliphatic carbocycles. The molecule has 5 rings (SSSR count). The van der Waals surface area contributed by atoms with Crippen LogP contribution in [0.5, 0.6) is 0 Å². The number of nitrogens with zero attached hydrogens (tertiary/aromatic N) is 1. The number of ether oxygens (including phenoxy) is 2. The van der Waals surface area contributed by atoms with E-state index in [0.717, 1.165) is 40.0 Å². The van der Waals surface area contributed by atoms with E-state index in [0.29, 0.717) is 12.8 Å². The third kappa shape index (κ3) is 6.56. The van der Waals surface area contributed by atoms with Crippen LogP contribution >= 0.6 is 11.3 Å². The number of aromatic carboxylic acids is 1. The molecule has 1 fully saturated rings. The highest BCUT2D eigenvalue weighted by Crippen LogP contribution is 2.44. The van der Waals surface area contributed by atoms with Crippen LogP contribution in [0, 0.1) is 0 Å². The molecule has 1 heterocycles. The maximum absolute atomic E-state index is 13.9. The summed E-state index contributed by atoms with van der Waals surface area (Å²) in [6.45, 7) is 5.79. The summed E-state index contributed by atoms with van der Waals surface area (Å²) in [5, 5.41) is 14.0. The number of amides is 2. The van der Waals surface area contributed by atoms with Crippen molar-refractivity contribution in [1.29, 1.82) is 0 Å². The molecule has 1 aromatic heterocycles. The number of hydrogen-bond acceptors (Lipinski definition) is 6. The zero-order valence-corrected chi connectivity index (χ0v) is 24.4. The predicted molar refractivity (Wildman–Crippen MR) is 157 cm³/mol. The molecule has 0 spiro atoms. The Hall–Kier alpha value is -3.85. The second kappa shape index (κ2) is 11.9. The number of alkyl carbamates (subject to hydrolysis) is 1. The molecule has 2 aromatic carbocycles. The molecule has 2 aliphatic rings. The lowest BCUT2D eigenvalue weighted by Gasteiger charge is -2.39. The van der Waals surface area contributed by atoms with E-state index in [-0.39, 0.29) is 36.7 Å². The molecule has 1 saturated carbocycles. The van der Waals surface area contributed by atoms with Crippen molar-refractivity contribution in [3.63, 3.8) is 0 Å². The first kappa shape index (κ1) is 28.7. The lowest BCUT2D eigenvalue weighted by Crippen LogP contribution is -2.55. The molecular formula is C32H36N2O6S. The van der Waals surface area contributed by atoms with Gasteiger partial charge in [0.15, 0.2) is 0 Å². The molecular weight excluding hydrogens is 540 g/mol. The van der Waals surface area contributed by atoms with Crippen LogP contribution in [-0.2, 0) is 16.0 Å². The van der Waals surface area contributed by atoms with Gasteiger partial charge in [-0.1, -0.05) is 61.4 Å². The first-order chi connectivity index (χ1) is 19.6. The van der Waals surface area contributed by atoms with Gasteiger partial charge in [-0.05, 0) is 61.9 Å². The van der Waals surface area contributed by atoms with E-state index in [4.69, 9.17) is 9.47 Å². The van der Waals surface area contributed by atoms with Gasteiger partial charge in [-0.3, -0.25) is 4.90 Å². The Labute approximate surface area is 244 Å². The van der Waals surface area contributed by atoms with E-state index < -0.39 is 23.8 Å². The van der Waals surface area contributed by atoms with Crippen molar-refractivity contribution >= 4 is 29.5 Å². The number of thiophene rings is 1. The van der Waals surface area contributed by atoms with Crippen molar-refractivity contribution in [3.8, 4) is 11.1 Å². The number of carbonyl (C=O) groups is 3. The Morgan fingerprint density at radius 2 is 1.63 bits per heavy atom. The van der Waals surface area contributed by atoms with Crippen molar-refractivity contribution in [2.75, 3.05) is 6.61 Å². The van der Waals surface area contributed by atoms with Crippen LogP contribution in [0.15, 0.2) is 60.0 Å². The molecule has 41 heavy (non-hydrogen) atoms. The summed E-state index contributed by atoms with van der Waals surface area (Å²) in [5.41, 5.74) is 4.08. The smallest absolute Gasteiger partial charge is 0.410 e. The molecule has 0 unspecified atom stereocenters. The maximum atomic E-state index is 13.9. The lowest BCUT2D eigenvalue weighted by atomic mass is 9.89. The predicted octanol–water partition coefficient (Wildman–Crippen LogP) is 7.03. The highest BCUT2D eigenvalue weighted by Gasteiger charge is 2.37. The first-order valence-corrected chi connectivity index (χ1v) is 14.9. The number of fused-ring (bicyclic) bond motifs is 3. The molecule has 0 radical (unpaired) electrons. The SMILES string of the molecule is CC(C)(C)OC(=O)N[C@@H]1CCCC[C@H]1N(Cc1cc(C(=O)O)cs1)C(=O)OCC1c2ccccc2-c2ccccc21. The van der Waals surface area contributed by atoms with E-state index in [2.05, 4.69) is 29.6 Å². The fourth-order valence-electron chi connectivity index (χ4n) is 5.85. The molecule has 2 amide bonds. The number of hydrogen-bond donors (Lipinski definition) is 2. The largest absolute Gasteiger partial charge is 0.478 e. The lowest BCUT2D eigenvalue weighted by molar-refractivity contribution is 0.0369. The third-order valence-electron chi connectivity index (χ3n) is 7.63. The molecule has 2 atom stereocenters. The Balaban J connectivity index is 1.38. The van der Waals surface area contributed by atoms with Gasteiger partial charge in [-0.2, -0.15) is 0 Å². The minimum Gasteiger partial charge on any atom is -0.478 e. The zero-order valence-electron chi connectivity index (χ0n) is 23.6. The number of carbonyl (C=O) groups excluding carboxylic acids is 2. The van der Waals surface area contributed by atoms with Gasteiger partial charge in [-0.25, -0.2) is 14.4 Å². The van der Waals surface area contributed by atoms with E-state index >= 15 is 0 Å². The Morgan fingerprint density at radius 3 is 2.24 bits per heavy atom. The quantitative estimate of drug-likeness (QED) is 0.313. The van der Waals surface area contributed by atoms with Gasteiger partial charge in [0.1, 0.15) is 12.2 Å². The number of rotatable bonds is 7. The number of carboxylic acids is 1. The average Bonchev–Trinajstić information content (AvgIpc) is 3.53. The van der Waals surface area contributed by atoms with Crippen molar-refractivity contribution in [2.45, 2.75) is 76.6 Å². The van der Waals surface area contributed by atoms with Crippen LogP contribution in [0.1, 0.15) is 78.7 Å². The maximum Gasteiger partial charge on any atom is 0.410 e. The summed E-state index contributed by atoms with van der Waals surface area (Å²) in [4.78, 5) is 40.5. The minimum atomic E-state index is -1.01. The molecule has 0 aliphatic heterocycles. The number of carboxylic acid groups (broad SMARTS) is 1. The summed E-state index contributed by atoms with van der Waals surface area (Å²) in [6, 6.07) is 17.3. The van der Waals surface area contributed by atoms with Crippen LogP contribution < -0.4 is 5.32 Å². The Bertz CT molecular complexity index is 1380. The van der Waals surface area contributed by atoms with E-state index in [1.165, 1.54) is 11.3 Å². The van der Waals surface area contributed by atoms with Gasteiger partial charge in [0, 0.05) is 16.2 Å².